The van der Waals surface area contributed by atoms with Crippen LogP contribution in [0.5, 0.6) is 17.2 Å². The molecule has 0 bridgehead atoms. The molecule has 13 heteroatoms. The minimum absolute atomic E-state index is 0.00745. The van der Waals surface area contributed by atoms with Crippen molar-refractivity contribution < 1.29 is 24.2 Å². The van der Waals surface area contributed by atoms with E-state index >= 15 is 0 Å². The second-order valence-electron chi connectivity index (χ2n) is 13.8. The summed E-state index contributed by atoms with van der Waals surface area (Å²) in [5.74, 6) is -0.634. The molecule has 13 nitrogen and oxygen atoms in total. The van der Waals surface area contributed by atoms with Crippen LogP contribution in [0.2, 0.25) is 0 Å². The predicted octanol–water partition coefficient (Wildman–Crippen LogP) is 3.03. The molecular weight excluding hydrogens is 642 g/mol. The van der Waals surface area contributed by atoms with Crippen LogP contribution in [0.15, 0.2) is 61.9 Å². The molecule has 50 heavy (non-hydrogen) atoms. The summed E-state index contributed by atoms with van der Waals surface area (Å²) in [5.41, 5.74) is 1.74. The zero-order chi connectivity index (χ0) is 36.0. The Morgan fingerprint density at radius 2 is 1.62 bits per heavy atom. The molecule has 4 atom stereocenters. The number of fused-ring (bicyclic) bond motifs is 5. The molecule has 2 aromatic carbocycles. The Kier molecular flexibility index (Phi) is 7.65. The normalized spacial score (nSPS) is 22.8. The zero-order valence-electron chi connectivity index (χ0n) is 29.1. The molecule has 0 radical (unpaired) electrons. The minimum atomic E-state index is -1.14. The molecule has 1 fully saturated rings. The summed E-state index contributed by atoms with van der Waals surface area (Å²) in [7, 11) is 4.62. The maximum atomic E-state index is 14.2. The predicted molar refractivity (Wildman–Crippen MR) is 184 cm³/mol. The van der Waals surface area contributed by atoms with Gasteiger partial charge in [-0.15, -0.1) is 0 Å². The highest BCUT2D eigenvalue weighted by atomic mass is 16.5. The number of hydrogen-bond donors (Lipinski definition) is 1. The number of aromatic hydroxyl groups is 1. The fourth-order valence-electron chi connectivity index (χ4n) is 8.52. The highest BCUT2D eigenvalue weighted by Crippen LogP contribution is 2.60. The Balaban J connectivity index is 1.31. The summed E-state index contributed by atoms with van der Waals surface area (Å²) in [5, 5.41) is 10.6. The van der Waals surface area contributed by atoms with Gasteiger partial charge >= 0.3 is 11.4 Å². The molecule has 0 amide bonds. The first-order chi connectivity index (χ1) is 23.7. The van der Waals surface area contributed by atoms with Gasteiger partial charge < -0.3 is 19.1 Å². The Bertz CT molecular complexity index is 2380. The van der Waals surface area contributed by atoms with Crippen molar-refractivity contribution in [3.8, 4) is 17.2 Å². The lowest BCUT2D eigenvalue weighted by Gasteiger charge is -2.52. The van der Waals surface area contributed by atoms with Gasteiger partial charge in [0.2, 0.25) is 0 Å². The van der Waals surface area contributed by atoms with Crippen molar-refractivity contribution in [2.75, 3.05) is 14.2 Å². The highest BCUT2D eigenvalue weighted by Gasteiger charge is 2.59. The number of ketones is 2. The van der Waals surface area contributed by atoms with Gasteiger partial charge in [0.1, 0.15) is 11.4 Å². The Hall–Kier alpha value is -5.46. The van der Waals surface area contributed by atoms with E-state index in [-0.39, 0.29) is 54.5 Å². The van der Waals surface area contributed by atoms with E-state index in [0.717, 1.165) is 15.7 Å². The number of carbonyl (C=O) groups is 2. The second kappa shape index (κ2) is 11.6. The summed E-state index contributed by atoms with van der Waals surface area (Å²) in [4.78, 5) is 73.7. The number of phenols is 1. The van der Waals surface area contributed by atoms with Crippen LogP contribution in [-0.4, -0.2) is 54.4 Å². The fraction of sp³-hybridized carbons (Fsp3) is 0.405. The largest absolute Gasteiger partial charge is 0.507 e. The van der Waals surface area contributed by atoms with Gasteiger partial charge in [0.25, 0.3) is 5.56 Å². The van der Waals surface area contributed by atoms with E-state index in [9.17, 15) is 29.1 Å². The van der Waals surface area contributed by atoms with Crippen LogP contribution in [0.3, 0.4) is 0 Å². The molecule has 0 spiro atoms. The van der Waals surface area contributed by atoms with Gasteiger partial charge in [0, 0.05) is 44.0 Å². The van der Waals surface area contributed by atoms with Gasteiger partial charge in [0.05, 0.1) is 43.3 Å². The average molecular weight is 682 g/mol. The lowest BCUT2D eigenvalue weighted by molar-refractivity contribution is -0.139. The van der Waals surface area contributed by atoms with E-state index in [0.29, 0.717) is 39.2 Å². The number of carbonyl (C=O) groups excluding carboxylic acids is 2. The maximum Gasteiger partial charge on any atom is 0.347 e. The average Bonchev–Trinajstić information content (AvgIpc) is 3.34. The summed E-state index contributed by atoms with van der Waals surface area (Å²) in [6.45, 7) is 7.02. The van der Waals surface area contributed by atoms with Crippen LogP contribution in [0, 0.1) is 25.2 Å². The standard InChI is InChI=1S/C37H39N5O8/c1-18-12-21(13-19(2)32(18)44)31-22-8-11-41-35(47)40(36(48)42(41)26(22)15-23-28(43)14-20(3)33(45)37(23,31)4)10-9-24-34(46)39(5)27-17-30(50-7)29(49-6)16-25(27)38-24/h8,12-14,16-17,23,26,31,44H,9-11,15H2,1-7H3. The number of Topliss-reactive ketones (excluding diaryl/α,β-unsaturated/α-hetero) is 1. The van der Waals surface area contributed by atoms with Gasteiger partial charge in [-0.1, -0.05) is 25.1 Å². The van der Waals surface area contributed by atoms with Crippen LogP contribution in [0.4, 0.5) is 0 Å². The van der Waals surface area contributed by atoms with Gasteiger partial charge in [-0.2, -0.15) is 0 Å². The van der Waals surface area contributed by atoms with Crippen molar-refractivity contribution in [2.24, 2.45) is 18.4 Å². The quantitative estimate of drug-likeness (QED) is 0.302. The number of methoxy groups -OCH3 is 2. The van der Waals surface area contributed by atoms with Crippen LogP contribution in [0.25, 0.3) is 11.0 Å². The molecule has 1 aliphatic heterocycles. The summed E-state index contributed by atoms with van der Waals surface area (Å²) in [6.07, 6.45) is 3.45. The van der Waals surface area contributed by atoms with Crippen molar-refractivity contribution in [1.29, 1.82) is 0 Å². The molecule has 1 N–H and O–H groups in total. The van der Waals surface area contributed by atoms with E-state index in [1.807, 2.05) is 25.1 Å². The number of hydrogen-bond acceptors (Lipinski definition) is 9. The summed E-state index contributed by atoms with van der Waals surface area (Å²) < 4.78 is 16.1. The number of allylic oxidation sites excluding steroid dienone is 4. The lowest BCUT2D eigenvalue weighted by atomic mass is 9.51. The number of rotatable bonds is 6. The third-order valence-corrected chi connectivity index (χ3v) is 11.1. The van der Waals surface area contributed by atoms with Crippen molar-refractivity contribution in [1.82, 2.24) is 23.5 Å². The second-order valence-corrected chi connectivity index (χ2v) is 13.8. The van der Waals surface area contributed by atoms with E-state index in [2.05, 4.69) is 4.98 Å². The van der Waals surface area contributed by atoms with E-state index < -0.39 is 34.7 Å². The minimum Gasteiger partial charge on any atom is -0.507 e. The fourth-order valence-corrected chi connectivity index (χ4v) is 8.52. The molecule has 7 rings (SSSR count). The number of benzene rings is 2. The van der Waals surface area contributed by atoms with Crippen molar-refractivity contribution in [2.45, 2.75) is 65.6 Å². The molecule has 3 aliphatic rings. The van der Waals surface area contributed by atoms with Gasteiger partial charge in [-0.05, 0) is 61.1 Å². The smallest absolute Gasteiger partial charge is 0.347 e. The molecule has 1 saturated carbocycles. The van der Waals surface area contributed by atoms with Crippen LogP contribution >= 0.6 is 0 Å². The molecule has 4 aromatic rings. The first-order valence-electron chi connectivity index (χ1n) is 16.5. The Morgan fingerprint density at radius 3 is 2.28 bits per heavy atom. The van der Waals surface area contributed by atoms with Crippen molar-refractivity contribution >= 4 is 22.6 Å². The molecular formula is C37H39N5O8. The van der Waals surface area contributed by atoms with Gasteiger partial charge in [0.15, 0.2) is 23.1 Å². The molecule has 4 unspecified atom stereocenters. The number of phenolic OH excluding ortho intramolecular Hbond substituents is 1. The SMILES string of the molecule is COc1cc2nc(CCn3c(=O)n4n(c3=O)C3CC5C(=O)C=C(C)C(=O)C5(C)C(c5cc(C)c(O)c(C)c5)C3=CC4)c(=O)n(C)c2cc1OC. The third kappa shape index (κ3) is 4.58. The molecule has 260 valence electrons. The number of aryl methyl sites for hydroxylation is 4. The Morgan fingerprint density at radius 1 is 0.960 bits per heavy atom. The molecule has 3 heterocycles. The first-order valence-corrected chi connectivity index (χ1v) is 16.5. The molecule has 2 aliphatic carbocycles. The third-order valence-electron chi connectivity index (χ3n) is 11.1. The molecule has 2 aromatic heterocycles. The summed E-state index contributed by atoms with van der Waals surface area (Å²) in [6, 6.07) is 6.33. The monoisotopic (exact) mass is 681 g/mol. The Labute approximate surface area is 286 Å². The number of nitrogens with zero attached hydrogens (tertiary/aromatic N) is 5. The van der Waals surface area contributed by atoms with E-state index in [1.54, 1.807) is 40.0 Å². The van der Waals surface area contributed by atoms with Crippen LogP contribution in [0.1, 0.15) is 54.6 Å². The van der Waals surface area contributed by atoms with Gasteiger partial charge in [-0.3, -0.25) is 14.4 Å². The van der Waals surface area contributed by atoms with E-state index in [4.69, 9.17) is 9.47 Å². The maximum absolute atomic E-state index is 14.2. The zero-order valence-corrected chi connectivity index (χ0v) is 29.1. The van der Waals surface area contributed by atoms with Crippen molar-refractivity contribution in [3.05, 3.63) is 101 Å². The number of aromatic nitrogens is 5. The number of ether oxygens (including phenoxy) is 2. The van der Waals surface area contributed by atoms with E-state index in [1.165, 1.54) is 34.2 Å². The highest BCUT2D eigenvalue weighted by molar-refractivity contribution is 6.13. The summed E-state index contributed by atoms with van der Waals surface area (Å²) >= 11 is 0. The van der Waals surface area contributed by atoms with Gasteiger partial charge in [-0.25, -0.2) is 28.5 Å². The first kappa shape index (κ1) is 33.1. The molecule has 0 saturated heterocycles. The van der Waals surface area contributed by atoms with Crippen LogP contribution in [-0.2, 0) is 36.1 Å². The topological polar surface area (TPSA) is 157 Å². The van der Waals surface area contributed by atoms with Crippen LogP contribution < -0.4 is 26.4 Å². The van der Waals surface area contributed by atoms with Crippen molar-refractivity contribution in [3.63, 3.8) is 0 Å². The lowest BCUT2D eigenvalue weighted by Crippen LogP contribution is -2.54.